The average Bonchev–Trinajstić information content (AvgIpc) is 3.32. The van der Waals surface area contributed by atoms with Crippen LogP contribution < -0.4 is 5.32 Å². The Morgan fingerprint density at radius 2 is 2.08 bits per heavy atom. The van der Waals surface area contributed by atoms with Gasteiger partial charge in [0.05, 0.1) is 6.26 Å². The van der Waals surface area contributed by atoms with Crippen LogP contribution in [0, 0.1) is 0 Å². The second-order valence-corrected chi connectivity index (χ2v) is 9.47. The number of hydrogen-bond donors (Lipinski definition) is 1. The summed E-state index contributed by atoms with van der Waals surface area (Å²) in [6.45, 7) is 1.34. The van der Waals surface area contributed by atoms with E-state index in [-0.39, 0.29) is 17.9 Å². The van der Waals surface area contributed by atoms with Crippen molar-refractivity contribution in [1.29, 1.82) is 0 Å². The first-order valence-corrected chi connectivity index (χ1v) is 11.5. The topological polar surface area (TPSA) is 62.6 Å². The Labute approximate surface area is 157 Å². The van der Waals surface area contributed by atoms with Gasteiger partial charge in [-0.1, -0.05) is 28.0 Å². The van der Waals surface area contributed by atoms with Gasteiger partial charge in [-0.3, -0.25) is 9.59 Å². The second-order valence-electron chi connectivity index (χ2n) is 6.69. The highest BCUT2D eigenvalue weighted by Crippen LogP contribution is 2.39. The number of amides is 2. The number of furan rings is 1. The van der Waals surface area contributed by atoms with E-state index in [0.29, 0.717) is 25.3 Å². The Bertz CT molecular complexity index is 551. The van der Waals surface area contributed by atoms with Gasteiger partial charge in [0, 0.05) is 36.6 Å². The van der Waals surface area contributed by atoms with Gasteiger partial charge in [0.1, 0.15) is 0 Å². The largest absolute Gasteiger partial charge is 0.459 e. The van der Waals surface area contributed by atoms with Crippen molar-refractivity contribution in [3.05, 3.63) is 24.2 Å². The van der Waals surface area contributed by atoms with Gasteiger partial charge in [0.15, 0.2) is 5.76 Å². The first-order chi connectivity index (χ1) is 12.2. The number of rotatable bonds is 7. The van der Waals surface area contributed by atoms with Gasteiger partial charge >= 0.3 is 0 Å². The Morgan fingerprint density at radius 3 is 2.76 bits per heavy atom. The molecule has 1 N–H and O–H groups in total. The standard InChI is InChI=1S/C18H26N2O3S2/c21-17(6-2-1-4-15-9-13-24-25-15)19-14-7-10-20(11-8-14)18(22)16-5-3-12-23-16/h3,5,12,14-15H,1-2,4,6-11,13H2,(H,19,21). The number of likely N-dealkylation sites (tertiary alicyclic amines) is 1. The molecule has 3 rings (SSSR count). The quantitative estimate of drug-likeness (QED) is 0.575. The minimum Gasteiger partial charge on any atom is -0.459 e. The summed E-state index contributed by atoms with van der Waals surface area (Å²) in [5.41, 5.74) is 0. The van der Waals surface area contributed by atoms with Crippen molar-refractivity contribution in [2.24, 2.45) is 0 Å². The molecule has 0 aliphatic carbocycles. The molecule has 2 saturated heterocycles. The molecule has 7 heteroatoms. The zero-order chi connectivity index (χ0) is 17.5. The van der Waals surface area contributed by atoms with Crippen molar-refractivity contribution in [1.82, 2.24) is 10.2 Å². The second kappa shape index (κ2) is 9.57. The molecule has 1 unspecified atom stereocenters. The molecule has 2 aliphatic rings. The fourth-order valence-electron chi connectivity index (χ4n) is 3.30. The molecule has 2 fully saturated rings. The van der Waals surface area contributed by atoms with Gasteiger partial charge in [-0.05, 0) is 44.2 Å². The van der Waals surface area contributed by atoms with E-state index in [0.717, 1.165) is 30.9 Å². The zero-order valence-corrected chi connectivity index (χ0v) is 16.1. The number of carbonyl (C=O) groups excluding carboxylic acids is 2. The molecule has 5 nitrogen and oxygen atoms in total. The maximum atomic E-state index is 12.2. The van der Waals surface area contributed by atoms with Crippen LogP contribution in [0.3, 0.4) is 0 Å². The lowest BCUT2D eigenvalue weighted by Gasteiger charge is -2.31. The molecule has 2 aliphatic heterocycles. The third kappa shape index (κ3) is 5.71. The predicted octanol–water partition coefficient (Wildman–Crippen LogP) is 3.71. The Balaban J connectivity index is 1.29. The summed E-state index contributed by atoms with van der Waals surface area (Å²) in [4.78, 5) is 26.1. The van der Waals surface area contributed by atoms with Gasteiger partial charge in [-0.15, -0.1) is 0 Å². The molecular formula is C18H26N2O3S2. The van der Waals surface area contributed by atoms with E-state index in [9.17, 15) is 9.59 Å². The summed E-state index contributed by atoms with van der Waals surface area (Å²) in [7, 11) is 3.98. The molecule has 0 bridgehead atoms. The van der Waals surface area contributed by atoms with Crippen LogP contribution in [-0.4, -0.2) is 46.8 Å². The van der Waals surface area contributed by atoms with E-state index in [4.69, 9.17) is 4.42 Å². The summed E-state index contributed by atoms with van der Waals surface area (Å²) in [6, 6.07) is 3.61. The molecule has 1 aromatic rings. The minimum absolute atomic E-state index is 0.0577. The van der Waals surface area contributed by atoms with E-state index in [1.807, 2.05) is 21.6 Å². The third-order valence-electron chi connectivity index (χ3n) is 4.79. The number of hydrogen-bond acceptors (Lipinski definition) is 5. The third-order valence-corrected chi connectivity index (χ3v) is 7.79. The molecule has 0 radical (unpaired) electrons. The van der Waals surface area contributed by atoms with E-state index < -0.39 is 0 Å². The average molecular weight is 383 g/mol. The number of nitrogens with zero attached hydrogens (tertiary/aromatic N) is 1. The fourth-order valence-corrected chi connectivity index (χ4v) is 6.33. The lowest BCUT2D eigenvalue weighted by molar-refractivity contribution is -0.122. The summed E-state index contributed by atoms with van der Waals surface area (Å²) in [5.74, 6) is 1.76. The highest BCUT2D eigenvalue weighted by atomic mass is 33.1. The molecular weight excluding hydrogens is 356 g/mol. The Morgan fingerprint density at radius 1 is 1.24 bits per heavy atom. The Kier molecular flexibility index (Phi) is 7.16. The van der Waals surface area contributed by atoms with Gasteiger partial charge < -0.3 is 14.6 Å². The first-order valence-electron chi connectivity index (χ1n) is 9.13. The first kappa shape index (κ1) is 18.7. The molecule has 1 aromatic heterocycles. The van der Waals surface area contributed by atoms with E-state index >= 15 is 0 Å². The normalized spacial score (nSPS) is 21.4. The smallest absolute Gasteiger partial charge is 0.289 e. The number of piperidine rings is 1. The fraction of sp³-hybridized carbons (Fsp3) is 0.667. The molecule has 0 saturated carbocycles. The molecule has 2 amide bonds. The van der Waals surface area contributed by atoms with Gasteiger partial charge in [0.2, 0.25) is 5.91 Å². The minimum atomic E-state index is -0.0577. The summed E-state index contributed by atoms with van der Waals surface area (Å²) in [6.07, 6.45) is 8.43. The predicted molar refractivity (Wildman–Crippen MR) is 103 cm³/mol. The van der Waals surface area contributed by atoms with E-state index in [2.05, 4.69) is 5.32 Å². The summed E-state index contributed by atoms with van der Waals surface area (Å²) in [5, 5.41) is 3.93. The Hall–Kier alpha value is -1.08. The molecule has 3 heterocycles. The van der Waals surface area contributed by atoms with Crippen LogP contribution in [0.4, 0.5) is 0 Å². The van der Waals surface area contributed by atoms with Crippen molar-refractivity contribution >= 4 is 33.4 Å². The van der Waals surface area contributed by atoms with Gasteiger partial charge in [-0.2, -0.15) is 0 Å². The number of nitrogens with one attached hydrogen (secondary N) is 1. The van der Waals surface area contributed by atoms with Crippen LogP contribution in [0.25, 0.3) is 0 Å². The van der Waals surface area contributed by atoms with Crippen molar-refractivity contribution in [3.63, 3.8) is 0 Å². The maximum Gasteiger partial charge on any atom is 0.289 e. The van der Waals surface area contributed by atoms with Crippen LogP contribution in [0.5, 0.6) is 0 Å². The van der Waals surface area contributed by atoms with Gasteiger partial charge in [0.25, 0.3) is 5.91 Å². The van der Waals surface area contributed by atoms with Crippen LogP contribution in [0.15, 0.2) is 22.8 Å². The molecule has 138 valence electrons. The number of unbranched alkanes of at least 4 members (excludes halogenated alkanes) is 1. The molecule has 0 spiro atoms. The molecule has 1 atom stereocenters. The van der Waals surface area contributed by atoms with Crippen molar-refractivity contribution < 1.29 is 14.0 Å². The van der Waals surface area contributed by atoms with Crippen molar-refractivity contribution in [2.45, 2.75) is 56.2 Å². The SMILES string of the molecule is O=C(CCCCC1CCSS1)NC1CCN(C(=O)c2ccco2)CC1. The monoisotopic (exact) mass is 382 g/mol. The van der Waals surface area contributed by atoms with E-state index in [1.165, 1.54) is 24.9 Å². The lowest BCUT2D eigenvalue weighted by Crippen LogP contribution is -2.46. The number of carbonyl (C=O) groups is 2. The molecule has 0 aromatic carbocycles. The lowest BCUT2D eigenvalue weighted by atomic mass is 10.0. The maximum absolute atomic E-state index is 12.2. The van der Waals surface area contributed by atoms with Crippen LogP contribution in [0.1, 0.15) is 55.5 Å². The van der Waals surface area contributed by atoms with Crippen LogP contribution in [-0.2, 0) is 4.79 Å². The van der Waals surface area contributed by atoms with Crippen LogP contribution >= 0.6 is 21.6 Å². The zero-order valence-electron chi connectivity index (χ0n) is 14.4. The van der Waals surface area contributed by atoms with Crippen molar-refractivity contribution in [2.75, 3.05) is 18.8 Å². The van der Waals surface area contributed by atoms with Gasteiger partial charge in [-0.25, -0.2) is 0 Å². The molecule has 25 heavy (non-hydrogen) atoms. The summed E-state index contributed by atoms with van der Waals surface area (Å²) < 4.78 is 5.17. The van der Waals surface area contributed by atoms with E-state index in [1.54, 1.807) is 17.0 Å². The van der Waals surface area contributed by atoms with Crippen molar-refractivity contribution in [3.8, 4) is 0 Å². The highest BCUT2D eigenvalue weighted by Gasteiger charge is 2.25. The van der Waals surface area contributed by atoms with Crippen LogP contribution in [0.2, 0.25) is 0 Å². The highest BCUT2D eigenvalue weighted by molar-refractivity contribution is 8.77. The summed E-state index contributed by atoms with van der Waals surface area (Å²) >= 11 is 0.